The Morgan fingerprint density at radius 1 is 0.324 bits per heavy atom. The highest BCUT2D eigenvalue weighted by Gasteiger charge is 2.28. The van der Waals surface area contributed by atoms with Gasteiger partial charge in [0.05, 0.1) is 18.8 Å². The molecule has 0 aliphatic heterocycles. The molecule has 438 valence electrons. The number of aliphatic hydroxyl groups excluding tert-OH is 4. The third-order valence-electron chi connectivity index (χ3n) is 15.8. The van der Waals surface area contributed by atoms with Crippen LogP contribution in [0.25, 0.3) is 0 Å². The van der Waals surface area contributed by atoms with Crippen molar-refractivity contribution in [2.75, 3.05) is 6.61 Å². The molecule has 0 bridgehead atoms. The van der Waals surface area contributed by atoms with Gasteiger partial charge in [-0.25, -0.2) is 0 Å². The molecule has 0 saturated heterocycles. The van der Waals surface area contributed by atoms with Gasteiger partial charge in [-0.15, -0.1) is 0 Å². The van der Waals surface area contributed by atoms with E-state index in [1.807, 2.05) is 0 Å². The molecule has 0 saturated carbocycles. The lowest BCUT2D eigenvalue weighted by Crippen LogP contribution is -2.53. The zero-order chi connectivity index (χ0) is 53.7. The quantitative estimate of drug-likeness (QED) is 0.0308. The lowest BCUT2D eigenvalue weighted by atomic mass is 10.00. The fourth-order valence-electron chi connectivity index (χ4n) is 10.6. The van der Waals surface area contributed by atoms with Crippen molar-refractivity contribution in [3.63, 3.8) is 0 Å². The average Bonchev–Trinajstić information content (AvgIpc) is 3.41. The van der Waals surface area contributed by atoms with Gasteiger partial charge in [-0.1, -0.05) is 320 Å². The minimum atomic E-state index is -1.29. The number of carbonyl (C=O) groups excluding carboxylic acids is 1. The number of unbranched alkanes of at least 4 members (excludes halogenated alkanes) is 47. The summed E-state index contributed by atoms with van der Waals surface area (Å²) in [5, 5.41) is 44.1. The van der Waals surface area contributed by atoms with Crippen LogP contribution in [0.5, 0.6) is 0 Å². The summed E-state index contributed by atoms with van der Waals surface area (Å²) in [5.41, 5.74) is 0. The van der Waals surface area contributed by atoms with Gasteiger partial charge in [0.2, 0.25) is 5.91 Å². The molecule has 0 aliphatic rings. The van der Waals surface area contributed by atoms with Crippen molar-refractivity contribution in [3.8, 4) is 0 Å². The molecule has 1 amide bonds. The fourth-order valence-corrected chi connectivity index (χ4v) is 10.6. The van der Waals surface area contributed by atoms with Gasteiger partial charge in [0.15, 0.2) is 0 Å². The molecule has 4 atom stereocenters. The normalized spacial score (nSPS) is 13.8. The minimum absolute atomic E-state index is 0.362. The number of hydrogen-bond acceptors (Lipinski definition) is 5. The molecule has 0 rings (SSSR count). The molecule has 0 fully saturated rings. The number of rotatable bonds is 62. The van der Waals surface area contributed by atoms with E-state index in [0.29, 0.717) is 19.3 Å². The number of aliphatic hydroxyl groups is 4. The molecule has 0 aromatic heterocycles. The molecular weight excluding hydrogens is 911 g/mol. The predicted octanol–water partition coefficient (Wildman–Crippen LogP) is 20.3. The van der Waals surface area contributed by atoms with Crippen LogP contribution >= 0.6 is 0 Å². The number of allylic oxidation sites excluding steroid dienone is 6. The zero-order valence-corrected chi connectivity index (χ0v) is 49.9. The van der Waals surface area contributed by atoms with Gasteiger partial charge in [-0.3, -0.25) is 4.79 Å². The molecule has 74 heavy (non-hydrogen) atoms. The van der Waals surface area contributed by atoms with Crippen LogP contribution in [0.15, 0.2) is 36.5 Å². The Balaban J connectivity index is 3.59. The highest BCUT2D eigenvalue weighted by atomic mass is 16.3. The van der Waals surface area contributed by atoms with Crippen molar-refractivity contribution in [1.29, 1.82) is 0 Å². The second kappa shape index (κ2) is 62.4. The molecule has 4 unspecified atom stereocenters. The molecule has 0 spiro atoms. The number of nitrogens with one attached hydrogen (secondary N) is 1. The largest absolute Gasteiger partial charge is 0.394 e. The van der Waals surface area contributed by atoms with Crippen LogP contribution in [0, 0.1) is 0 Å². The van der Waals surface area contributed by atoms with Gasteiger partial charge in [0.1, 0.15) is 12.2 Å². The lowest BCUT2D eigenvalue weighted by molar-refractivity contribution is -0.132. The Hall–Kier alpha value is -1.47. The summed E-state index contributed by atoms with van der Waals surface area (Å²) < 4.78 is 0. The molecule has 0 aromatic rings. The van der Waals surface area contributed by atoms with Crippen molar-refractivity contribution < 1.29 is 25.2 Å². The van der Waals surface area contributed by atoms with E-state index in [9.17, 15) is 25.2 Å². The van der Waals surface area contributed by atoms with E-state index < -0.39 is 36.9 Å². The van der Waals surface area contributed by atoms with Gasteiger partial charge in [-0.05, 0) is 77.0 Å². The van der Waals surface area contributed by atoms with E-state index in [-0.39, 0.29) is 0 Å². The van der Waals surface area contributed by atoms with Crippen LogP contribution in [0.4, 0.5) is 0 Å². The van der Waals surface area contributed by atoms with Gasteiger partial charge in [0, 0.05) is 0 Å². The summed E-state index contributed by atoms with van der Waals surface area (Å²) in [6, 6.07) is -1.01. The van der Waals surface area contributed by atoms with Gasteiger partial charge >= 0.3 is 0 Å². The van der Waals surface area contributed by atoms with E-state index >= 15 is 0 Å². The monoisotopic (exact) mass is 1040 g/mol. The minimum Gasteiger partial charge on any atom is -0.394 e. The van der Waals surface area contributed by atoms with Crippen molar-refractivity contribution >= 4 is 5.91 Å². The molecular formula is C68H131NO5. The Labute approximate surface area is 462 Å². The maximum Gasteiger partial charge on any atom is 0.249 e. The molecule has 5 N–H and O–H groups in total. The molecule has 0 heterocycles. The fraction of sp³-hybridized carbons (Fsp3) is 0.897. The third kappa shape index (κ3) is 55.3. The summed E-state index contributed by atoms with van der Waals surface area (Å²) in [5.74, 6) is -0.592. The van der Waals surface area contributed by atoms with Crippen LogP contribution < -0.4 is 5.32 Å². The van der Waals surface area contributed by atoms with E-state index in [2.05, 4.69) is 55.6 Å². The maximum atomic E-state index is 12.6. The SMILES string of the molecule is CCCCCCCCCCCCCCCC/C=C\CCCCCCCCCCCCCCCCCCC(O)C(=O)NC(CO)C(O)C(O)CCC/C=C/CC/C=C/CCCCCCCCCCCCCCCCC. The molecule has 0 radical (unpaired) electrons. The van der Waals surface area contributed by atoms with Gasteiger partial charge < -0.3 is 25.7 Å². The summed E-state index contributed by atoms with van der Waals surface area (Å²) in [6.45, 7) is 4.09. The Kier molecular flexibility index (Phi) is 61.1. The first-order valence-corrected chi connectivity index (χ1v) is 33.4. The second-order valence-electron chi connectivity index (χ2n) is 23.2. The summed E-state index contributed by atoms with van der Waals surface area (Å²) >= 11 is 0. The van der Waals surface area contributed by atoms with Crippen LogP contribution in [0.1, 0.15) is 361 Å². The number of carbonyl (C=O) groups is 1. The van der Waals surface area contributed by atoms with Crippen molar-refractivity contribution in [2.45, 2.75) is 385 Å². The highest BCUT2D eigenvalue weighted by molar-refractivity contribution is 5.80. The predicted molar refractivity (Wildman–Crippen MR) is 325 cm³/mol. The van der Waals surface area contributed by atoms with E-state index in [4.69, 9.17) is 0 Å². The van der Waals surface area contributed by atoms with Crippen molar-refractivity contribution in [2.24, 2.45) is 0 Å². The Morgan fingerprint density at radius 2 is 0.568 bits per heavy atom. The average molecular weight is 1040 g/mol. The van der Waals surface area contributed by atoms with E-state index in [1.54, 1.807) is 0 Å². The second-order valence-corrected chi connectivity index (χ2v) is 23.2. The Morgan fingerprint density at radius 3 is 0.851 bits per heavy atom. The summed E-state index contributed by atoms with van der Waals surface area (Å²) in [4.78, 5) is 12.6. The van der Waals surface area contributed by atoms with Crippen LogP contribution in [0.3, 0.4) is 0 Å². The molecule has 6 nitrogen and oxygen atoms in total. The maximum absolute atomic E-state index is 12.6. The Bertz CT molecular complexity index is 1170. The van der Waals surface area contributed by atoms with Crippen molar-refractivity contribution in [1.82, 2.24) is 5.32 Å². The standard InChI is InChI=1S/C68H131NO5/c1-3-5-7-9-11-13-15-17-19-21-23-25-27-29-30-31-32-33-34-35-36-37-38-40-42-44-46-48-50-52-54-56-58-60-62-66(72)68(74)69-64(63-70)67(73)65(71)61-59-57-55-53-51-49-47-45-43-41-39-28-26-24-22-20-18-16-14-12-10-8-6-4-2/h31-32,45,47,53,55,64-67,70-73H,3-30,33-44,46,48-52,54,56-63H2,1-2H3,(H,69,74)/b32-31-,47-45+,55-53+. The summed E-state index contributed by atoms with van der Waals surface area (Å²) in [6.07, 6.45) is 79.8. The van der Waals surface area contributed by atoms with Crippen LogP contribution in [-0.2, 0) is 4.79 Å². The van der Waals surface area contributed by atoms with Gasteiger partial charge in [-0.2, -0.15) is 0 Å². The molecule has 6 heteroatoms. The number of hydrogen-bond donors (Lipinski definition) is 5. The number of amides is 1. The third-order valence-corrected chi connectivity index (χ3v) is 15.8. The first kappa shape index (κ1) is 72.5. The smallest absolute Gasteiger partial charge is 0.249 e. The summed E-state index contributed by atoms with van der Waals surface area (Å²) in [7, 11) is 0. The zero-order valence-electron chi connectivity index (χ0n) is 49.9. The van der Waals surface area contributed by atoms with Crippen LogP contribution in [0.2, 0.25) is 0 Å². The first-order chi connectivity index (χ1) is 36.5. The van der Waals surface area contributed by atoms with Crippen molar-refractivity contribution in [3.05, 3.63) is 36.5 Å². The molecule has 0 aromatic carbocycles. The highest BCUT2D eigenvalue weighted by Crippen LogP contribution is 2.18. The lowest BCUT2D eigenvalue weighted by Gasteiger charge is -2.27. The first-order valence-electron chi connectivity index (χ1n) is 33.4. The van der Waals surface area contributed by atoms with Crippen LogP contribution in [-0.4, -0.2) is 57.3 Å². The molecule has 0 aliphatic carbocycles. The van der Waals surface area contributed by atoms with E-state index in [0.717, 1.165) is 38.5 Å². The topological polar surface area (TPSA) is 110 Å². The van der Waals surface area contributed by atoms with E-state index in [1.165, 1.54) is 289 Å². The van der Waals surface area contributed by atoms with Gasteiger partial charge in [0.25, 0.3) is 0 Å².